The van der Waals surface area contributed by atoms with Crippen LogP contribution in [0.15, 0.2) is 58.8 Å². The first-order chi connectivity index (χ1) is 8.86. The molecule has 1 nitrogen and oxygen atoms in total. The molecular weight excluding hydrogens is 260 g/mol. The van der Waals surface area contributed by atoms with Gasteiger partial charge in [0.2, 0.25) is 0 Å². The summed E-state index contributed by atoms with van der Waals surface area (Å²) in [5, 5.41) is 4.02. The number of carbonyl (C=O) groups excluding carboxylic acids is 1. The third-order valence-corrected chi connectivity index (χ3v) is 4.91. The van der Waals surface area contributed by atoms with Crippen LogP contribution in [-0.4, -0.2) is 5.78 Å². The van der Waals surface area contributed by atoms with Crippen LogP contribution >= 0.6 is 22.7 Å². The van der Waals surface area contributed by atoms with Crippen molar-refractivity contribution in [2.24, 2.45) is 0 Å². The van der Waals surface area contributed by atoms with Gasteiger partial charge in [0.1, 0.15) is 0 Å². The van der Waals surface area contributed by atoms with Crippen molar-refractivity contribution in [3.63, 3.8) is 0 Å². The van der Waals surface area contributed by atoms with Crippen molar-refractivity contribution in [1.29, 1.82) is 0 Å². The zero-order valence-electron chi connectivity index (χ0n) is 9.71. The van der Waals surface area contributed by atoms with Gasteiger partial charge in [0.05, 0.1) is 4.88 Å². The Morgan fingerprint density at radius 1 is 1.17 bits per heavy atom. The average molecular weight is 272 g/mol. The Morgan fingerprint density at radius 3 is 2.72 bits per heavy atom. The summed E-state index contributed by atoms with van der Waals surface area (Å²) in [6, 6.07) is 7.99. The molecule has 0 saturated heterocycles. The molecule has 3 heteroatoms. The maximum absolute atomic E-state index is 12.5. The van der Waals surface area contributed by atoms with Crippen molar-refractivity contribution < 1.29 is 4.79 Å². The van der Waals surface area contributed by atoms with E-state index in [1.807, 2.05) is 35.7 Å². The summed E-state index contributed by atoms with van der Waals surface area (Å²) in [7, 11) is 0. The van der Waals surface area contributed by atoms with E-state index in [1.165, 1.54) is 16.2 Å². The van der Waals surface area contributed by atoms with E-state index in [9.17, 15) is 4.79 Å². The highest BCUT2D eigenvalue weighted by Crippen LogP contribution is 2.36. The summed E-state index contributed by atoms with van der Waals surface area (Å²) >= 11 is 3.24. The normalized spacial score (nSPS) is 18.7. The molecule has 3 rings (SSSR count). The first-order valence-corrected chi connectivity index (χ1v) is 7.60. The summed E-state index contributed by atoms with van der Waals surface area (Å²) < 4.78 is 0. The highest BCUT2D eigenvalue weighted by Gasteiger charge is 2.25. The van der Waals surface area contributed by atoms with E-state index in [2.05, 4.69) is 17.5 Å². The van der Waals surface area contributed by atoms with Gasteiger partial charge in [0, 0.05) is 16.4 Å². The van der Waals surface area contributed by atoms with E-state index in [0.717, 1.165) is 16.9 Å². The van der Waals surface area contributed by atoms with E-state index in [4.69, 9.17) is 0 Å². The van der Waals surface area contributed by atoms with Gasteiger partial charge in [-0.05, 0) is 29.3 Å². The zero-order chi connectivity index (χ0) is 12.4. The van der Waals surface area contributed by atoms with Gasteiger partial charge in [-0.25, -0.2) is 0 Å². The van der Waals surface area contributed by atoms with Gasteiger partial charge < -0.3 is 0 Å². The van der Waals surface area contributed by atoms with Crippen molar-refractivity contribution in [2.75, 3.05) is 0 Å². The molecule has 0 bridgehead atoms. The molecule has 2 heterocycles. The van der Waals surface area contributed by atoms with Gasteiger partial charge in [-0.3, -0.25) is 4.79 Å². The van der Waals surface area contributed by atoms with Crippen molar-refractivity contribution in [1.82, 2.24) is 0 Å². The van der Waals surface area contributed by atoms with Crippen molar-refractivity contribution >= 4 is 28.5 Å². The van der Waals surface area contributed by atoms with Crippen LogP contribution in [0.5, 0.6) is 0 Å². The van der Waals surface area contributed by atoms with Gasteiger partial charge in [0.25, 0.3) is 0 Å². The fourth-order valence-electron chi connectivity index (χ4n) is 2.17. The lowest BCUT2D eigenvalue weighted by Crippen LogP contribution is -2.12. The highest BCUT2D eigenvalue weighted by atomic mass is 32.1. The zero-order valence-corrected chi connectivity index (χ0v) is 11.3. The number of rotatable bonds is 3. The number of ketones is 1. The molecule has 2 aromatic heterocycles. The quantitative estimate of drug-likeness (QED) is 0.742. The number of thiophene rings is 2. The maximum atomic E-state index is 12.5. The fourth-order valence-corrected chi connectivity index (χ4v) is 3.72. The number of hydrogen-bond acceptors (Lipinski definition) is 3. The molecule has 18 heavy (non-hydrogen) atoms. The van der Waals surface area contributed by atoms with Crippen LogP contribution in [0.3, 0.4) is 0 Å². The predicted molar refractivity (Wildman–Crippen MR) is 77.5 cm³/mol. The van der Waals surface area contributed by atoms with Crippen LogP contribution in [0.2, 0.25) is 0 Å². The van der Waals surface area contributed by atoms with E-state index < -0.39 is 0 Å². The standard InChI is InChI=1S/C15H12OS2/c16-15(14-8-4-10-18-14)12-6-2-1-5-11(12)13-7-3-9-17-13/h1-4,6-11H,5H2/t11-/m0/s1. The summed E-state index contributed by atoms with van der Waals surface area (Å²) in [5.41, 5.74) is 0.919. The van der Waals surface area contributed by atoms with Crippen LogP contribution in [-0.2, 0) is 0 Å². The lowest BCUT2D eigenvalue weighted by Gasteiger charge is -2.18. The van der Waals surface area contributed by atoms with Gasteiger partial charge >= 0.3 is 0 Å². The first kappa shape index (κ1) is 11.6. The molecule has 2 aromatic rings. The average Bonchev–Trinajstić information content (AvgIpc) is 3.11. The Hall–Kier alpha value is -1.45. The molecule has 1 atom stereocenters. The first-order valence-electron chi connectivity index (χ1n) is 5.84. The second kappa shape index (κ2) is 5.04. The van der Waals surface area contributed by atoms with Crippen molar-refractivity contribution in [2.45, 2.75) is 12.3 Å². The minimum absolute atomic E-state index is 0.174. The Labute approximate surface area is 114 Å². The van der Waals surface area contributed by atoms with Gasteiger partial charge in [-0.1, -0.05) is 30.4 Å². The molecule has 0 aliphatic heterocycles. The topological polar surface area (TPSA) is 17.1 Å². The Morgan fingerprint density at radius 2 is 2.00 bits per heavy atom. The molecule has 0 fully saturated rings. The largest absolute Gasteiger partial charge is 0.288 e. The maximum Gasteiger partial charge on any atom is 0.199 e. The fraction of sp³-hybridized carbons (Fsp3) is 0.133. The van der Waals surface area contributed by atoms with Crippen LogP contribution in [0.25, 0.3) is 0 Å². The lowest BCUT2D eigenvalue weighted by atomic mass is 9.87. The highest BCUT2D eigenvalue weighted by molar-refractivity contribution is 7.12. The number of carbonyl (C=O) groups is 1. The SMILES string of the molecule is O=C(C1=CC=CC[C@@H]1c1cccs1)c1cccs1. The minimum Gasteiger partial charge on any atom is -0.288 e. The smallest absolute Gasteiger partial charge is 0.199 e. The Balaban J connectivity index is 1.95. The monoisotopic (exact) mass is 272 g/mol. The van der Waals surface area contributed by atoms with Crippen molar-refractivity contribution in [3.05, 3.63) is 68.6 Å². The number of Topliss-reactive ketones (excluding diaryl/α,β-unsaturated/α-hetero) is 1. The Kier molecular flexibility index (Phi) is 3.26. The number of hydrogen-bond donors (Lipinski definition) is 0. The van der Waals surface area contributed by atoms with Crippen LogP contribution in [0.4, 0.5) is 0 Å². The van der Waals surface area contributed by atoms with E-state index >= 15 is 0 Å². The lowest BCUT2D eigenvalue weighted by molar-refractivity contribution is 0.103. The van der Waals surface area contributed by atoms with Crippen LogP contribution in [0, 0.1) is 0 Å². The molecule has 0 aromatic carbocycles. The van der Waals surface area contributed by atoms with Crippen LogP contribution < -0.4 is 0 Å². The van der Waals surface area contributed by atoms with Gasteiger partial charge in [-0.2, -0.15) is 0 Å². The van der Waals surface area contributed by atoms with Gasteiger partial charge in [-0.15, -0.1) is 22.7 Å². The number of allylic oxidation sites excluding steroid dienone is 4. The van der Waals surface area contributed by atoms with E-state index in [-0.39, 0.29) is 11.7 Å². The molecule has 90 valence electrons. The molecule has 0 saturated carbocycles. The third kappa shape index (κ3) is 2.11. The molecule has 0 spiro atoms. The predicted octanol–water partition coefficient (Wildman–Crippen LogP) is 4.66. The molecule has 1 aliphatic rings. The second-order valence-corrected chi connectivity index (χ2v) is 6.09. The molecule has 0 unspecified atom stereocenters. The van der Waals surface area contributed by atoms with Crippen molar-refractivity contribution in [3.8, 4) is 0 Å². The summed E-state index contributed by atoms with van der Waals surface area (Å²) in [5.74, 6) is 0.400. The molecule has 0 amide bonds. The van der Waals surface area contributed by atoms with Gasteiger partial charge in [0.15, 0.2) is 5.78 Å². The summed E-state index contributed by atoms with van der Waals surface area (Å²) in [4.78, 5) is 14.6. The minimum atomic E-state index is 0.174. The summed E-state index contributed by atoms with van der Waals surface area (Å²) in [6.45, 7) is 0. The third-order valence-electron chi connectivity index (χ3n) is 3.05. The van der Waals surface area contributed by atoms with E-state index in [1.54, 1.807) is 11.3 Å². The second-order valence-electron chi connectivity index (χ2n) is 4.16. The van der Waals surface area contributed by atoms with Crippen LogP contribution in [0.1, 0.15) is 26.9 Å². The Bertz CT molecular complexity index is 588. The summed E-state index contributed by atoms with van der Waals surface area (Å²) in [6.07, 6.45) is 7.01. The molecule has 1 aliphatic carbocycles. The molecular formula is C15H12OS2. The molecule has 0 N–H and O–H groups in total. The van der Waals surface area contributed by atoms with E-state index in [0.29, 0.717) is 0 Å². The molecule has 0 radical (unpaired) electrons.